The third kappa shape index (κ3) is 2.92. The number of methoxy groups -OCH3 is 1. The SMILES string of the molecule is COc1ccc(/C=C/C(=O)c2c(O)c3ccccc3oc2=O)cc1. The fourth-order valence-electron chi connectivity index (χ4n) is 2.32. The number of fused-ring (bicyclic) bond motifs is 1. The van der Waals surface area contributed by atoms with Crippen LogP contribution < -0.4 is 10.4 Å². The Kier molecular flexibility index (Phi) is 4.16. The van der Waals surface area contributed by atoms with Crippen molar-refractivity contribution >= 4 is 22.8 Å². The van der Waals surface area contributed by atoms with Gasteiger partial charge in [-0.1, -0.05) is 30.3 Å². The first-order chi connectivity index (χ1) is 11.6. The predicted molar refractivity (Wildman–Crippen MR) is 90.5 cm³/mol. The summed E-state index contributed by atoms with van der Waals surface area (Å²) in [5, 5.41) is 10.6. The van der Waals surface area contributed by atoms with Gasteiger partial charge < -0.3 is 14.3 Å². The summed E-state index contributed by atoms with van der Waals surface area (Å²) in [6.45, 7) is 0. The van der Waals surface area contributed by atoms with Gasteiger partial charge in [0.15, 0.2) is 5.78 Å². The molecule has 0 amide bonds. The van der Waals surface area contributed by atoms with E-state index >= 15 is 0 Å². The third-order valence-electron chi connectivity index (χ3n) is 3.58. The van der Waals surface area contributed by atoms with E-state index in [0.717, 1.165) is 5.56 Å². The zero-order chi connectivity index (χ0) is 17.1. The third-order valence-corrected chi connectivity index (χ3v) is 3.58. The molecule has 0 saturated carbocycles. The molecular formula is C19H14O5. The highest BCUT2D eigenvalue weighted by atomic mass is 16.5. The number of para-hydroxylation sites is 1. The summed E-state index contributed by atoms with van der Waals surface area (Å²) in [5.41, 5.74) is -0.251. The molecule has 0 bridgehead atoms. The maximum absolute atomic E-state index is 12.3. The molecule has 0 aliphatic rings. The largest absolute Gasteiger partial charge is 0.506 e. The Morgan fingerprint density at radius 2 is 1.83 bits per heavy atom. The maximum Gasteiger partial charge on any atom is 0.351 e. The lowest BCUT2D eigenvalue weighted by Crippen LogP contribution is -2.12. The lowest BCUT2D eigenvalue weighted by atomic mass is 10.1. The first-order valence-electron chi connectivity index (χ1n) is 7.21. The van der Waals surface area contributed by atoms with E-state index in [1.165, 1.54) is 6.08 Å². The second kappa shape index (κ2) is 6.42. The molecule has 0 aliphatic heterocycles. The van der Waals surface area contributed by atoms with Gasteiger partial charge >= 0.3 is 5.63 Å². The summed E-state index contributed by atoms with van der Waals surface area (Å²) in [6, 6.07) is 13.5. The van der Waals surface area contributed by atoms with Crippen LogP contribution in [0.3, 0.4) is 0 Å². The van der Waals surface area contributed by atoms with Crippen molar-refractivity contribution in [2.24, 2.45) is 0 Å². The van der Waals surface area contributed by atoms with E-state index in [0.29, 0.717) is 11.1 Å². The van der Waals surface area contributed by atoms with Crippen LogP contribution >= 0.6 is 0 Å². The van der Waals surface area contributed by atoms with Crippen LogP contribution in [-0.2, 0) is 0 Å². The molecule has 3 rings (SSSR count). The van der Waals surface area contributed by atoms with Crippen LogP contribution in [0, 0.1) is 0 Å². The number of aromatic hydroxyl groups is 1. The number of carbonyl (C=O) groups is 1. The predicted octanol–water partition coefficient (Wildman–Crippen LogP) is 3.40. The average Bonchev–Trinajstić information content (AvgIpc) is 2.60. The zero-order valence-corrected chi connectivity index (χ0v) is 12.9. The molecule has 0 spiro atoms. The van der Waals surface area contributed by atoms with Crippen molar-refractivity contribution in [1.82, 2.24) is 0 Å². The Labute approximate surface area is 137 Å². The number of hydrogen-bond acceptors (Lipinski definition) is 5. The van der Waals surface area contributed by atoms with Gasteiger partial charge in [0.25, 0.3) is 0 Å². The number of benzene rings is 2. The highest BCUT2D eigenvalue weighted by Crippen LogP contribution is 2.26. The van der Waals surface area contributed by atoms with Crippen LogP contribution in [0.15, 0.2) is 63.8 Å². The van der Waals surface area contributed by atoms with Gasteiger partial charge in [-0.3, -0.25) is 4.79 Å². The van der Waals surface area contributed by atoms with Gasteiger partial charge in [-0.2, -0.15) is 0 Å². The molecule has 2 aromatic carbocycles. The van der Waals surface area contributed by atoms with E-state index in [4.69, 9.17) is 9.15 Å². The molecule has 120 valence electrons. The summed E-state index contributed by atoms with van der Waals surface area (Å²) >= 11 is 0. The standard InChI is InChI=1S/C19H14O5/c1-23-13-9-6-12(7-10-13)8-11-15(20)17-18(21)14-4-2-3-5-16(14)24-19(17)22/h2-11,21H,1H3/b11-8+. The van der Waals surface area contributed by atoms with Crippen LogP contribution in [-0.4, -0.2) is 18.0 Å². The van der Waals surface area contributed by atoms with Gasteiger partial charge in [0.2, 0.25) is 0 Å². The maximum atomic E-state index is 12.3. The van der Waals surface area contributed by atoms with E-state index < -0.39 is 11.4 Å². The summed E-state index contributed by atoms with van der Waals surface area (Å²) < 4.78 is 10.1. The molecule has 0 saturated heterocycles. The molecule has 0 atom stereocenters. The van der Waals surface area contributed by atoms with Gasteiger partial charge in [-0.25, -0.2) is 4.79 Å². The topological polar surface area (TPSA) is 76.7 Å². The molecule has 1 heterocycles. The lowest BCUT2D eigenvalue weighted by molar-refractivity contribution is 0.104. The zero-order valence-electron chi connectivity index (χ0n) is 12.9. The molecular weight excluding hydrogens is 308 g/mol. The van der Waals surface area contributed by atoms with Gasteiger partial charge in [0.05, 0.1) is 12.5 Å². The molecule has 24 heavy (non-hydrogen) atoms. The van der Waals surface area contributed by atoms with Crippen molar-refractivity contribution in [1.29, 1.82) is 0 Å². The van der Waals surface area contributed by atoms with E-state index in [-0.39, 0.29) is 16.9 Å². The van der Waals surface area contributed by atoms with Crippen molar-refractivity contribution in [2.75, 3.05) is 7.11 Å². The summed E-state index contributed by atoms with van der Waals surface area (Å²) in [4.78, 5) is 24.3. The van der Waals surface area contributed by atoms with Crippen molar-refractivity contribution in [3.05, 3.63) is 76.2 Å². The summed E-state index contributed by atoms with van der Waals surface area (Å²) in [5.74, 6) is -0.291. The van der Waals surface area contributed by atoms with Crippen LogP contribution in [0.5, 0.6) is 11.5 Å². The smallest absolute Gasteiger partial charge is 0.351 e. The molecule has 1 N–H and O–H groups in total. The first kappa shape index (κ1) is 15.6. The summed E-state index contributed by atoms with van der Waals surface area (Å²) in [7, 11) is 1.57. The van der Waals surface area contributed by atoms with Gasteiger partial charge in [-0.05, 0) is 35.9 Å². The van der Waals surface area contributed by atoms with Crippen molar-refractivity contribution in [3.8, 4) is 11.5 Å². The highest BCUT2D eigenvalue weighted by Gasteiger charge is 2.18. The number of hydrogen-bond donors (Lipinski definition) is 1. The Hall–Kier alpha value is -3.34. The highest BCUT2D eigenvalue weighted by molar-refractivity contribution is 6.10. The van der Waals surface area contributed by atoms with E-state index in [2.05, 4.69) is 0 Å². The quantitative estimate of drug-likeness (QED) is 0.452. The molecule has 0 radical (unpaired) electrons. The van der Waals surface area contributed by atoms with Crippen molar-refractivity contribution in [2.45, 2.75) is 0 Å². The number of allylic oxidation sites excluding steroid dienone is 1. The van der Waals surface area contributed by atoms with E-state index in [1.54, 1.807) is 61.7 Å². The lowest BCUT2D eigenvalue weighted by Gasteiger charge is -2.03. The molecule has 1 aromatic heterocycles. The molecule has 5 nitrogen and oxygen atoms in total. The molecule has 5 heteroatoms. The van der Waals surface area contributed by atoms with Crippen molar-refractivity contribution < 1.29 is 19.1 Å². The minimum absolute atomic E-state index is 0.232. The minimum Gasteiger partial charge on any atom is -0.506 e. The molecule has 0 unspecified atom stereocenters. The Morgan fingerprint density at radius 1 is 1.12 bits per heavy atom. The van der Waals surface area contributed by atoms with Crippen LogP contribution in [0.1, 0.15) is 15.9 Å². The molecule has 3 aromatic rings. The average molecular weight is 322 g/mol. The molecule has 0 aliphatic carbocycles. The van der Waals surface area contributed by atoms with E-state index in [9.17, 15) is 14.7 Å². The van der Waals surface area contributed by atoms with Crippen LogP contribution in [0.4, 0.5) is 0 Å². The monoisotopic (exact) mass is 322 g/mol. The molecule has 0 fully saturated rings. The van der Waals surface area contributed by atoms with Gasteiger partial charge in [0, 0.05) is 0 Å². The van der Waals surface area contributed by atoms with E-state index in [1.807, 2.05) is 0 Å². The first-order valence-corrected chi connectivity index (χ1v) is 7.21. The fraction of sp³-hybridized carbons (Fsp3) is 0.0526. The van der Waals surface area contributed by atoms with Gasteiger partial charge in [-0.15, -0.1) is 0 Å². The number of rotatable bonds is 4. The fourth-order valence-corrected chi connectivity index (χ4v) is 2.32. The normalized spacial score (nSPS) is 11.0. The minimum atomic E-state index is -0.865. The Balaban J connectivity index is 1.96. The van der Waals surface area contributed by atoms with Crippen LogP contribution in [0.25, 0.3) is 17.0 Å². The Bertz CT molecular complexity index is 981. The summed E-state index contributed by atoms with van der Waals surface area (Å²) in [6.07, 6.45) is 2.78. The second-order valence-corrected chi connectivity index (χ2v) is 5.08. The van der Waals surface area contributed by atoms with Crippen molar-refractivity contribution in [3.63, 3.8) is 0 Å². The van der Waals surface area contributed by atoms with Gasteiger partial charge in [0.1, 0.15) is 22.6 Å². The Morgan fingerprint density at radius 3 is 2.54 bits per heavy atom. The number of ether oxygens (including phenoxy) is 1. The van der Waals surface area contributed by atoms with Crippen LogP contribution in [0.2, 0.25) is 0 Å². The number of carbonyl (C=O) groups excluding carboxylic acids is 1. The number of ketones is 1. The second-order valence-electron chi connectivity index (χ2n) is 5.08.